The van der Waals surface area contributed by atoms with E-state index >= 15 is 0 Å². The van der Waals surface area contributed by atoms with Crippen molar-refractivity contribution < 1.29 is 9.53 Å². The first-order chi connectivity index (χ1) is 13.7. The molecule has 2 aromatic carbocycles. The fourth-order valence-electron chi connectivity index (χ4n) is 4.85. The Bertz CT molecular complexity index is 786. The number of carbonyl (C=O) groups is 1. The summed E-state index contributed by atoms with van der Waals surface area (Å²) in [7, 11) is 0. The van der Waals surface area contributed by atoms with Gasteiger partial charge in [-0.2, -0.15) is 0 Å². The second-order valence-electron chi connectivity index (χ2n) is 8.73. The molecule has 2 fully saturated rings. The number of likely N-dealkylation sites (tertiary alicyclic amines) is 1. The van der Waals surface area contributed by atoms with Crippen molar-refractivity contribution in [3.8, 4) is 5.75 Å². The van der Waals surface area contributed by atoms with E-state index < -0.39 is 0 Å². The van der Waals surface area contributed by atoms with Gasteiger partial charge < -0.3 is 9.53 Å². The third kappa shape index (κ3) is 4.57. The van der Waals surface area contributed by atoms with E-state index in [0.717, 1.165) is 50.4 Å². The summed E-state index contributed by atoms with van der Waals surface area (Å²) >= 11 is 0. The third-order valence-corrected chi connectivity index (χ3v) is 6.80. The van der Waals surface area contributed by atoms with Gasteiger partial charge in [0, 0.05) is 17.8 Å². The number of nitrogens with zero attached hydrogens (tertiary/aromatic N) is 1. The number of hydrogen-bond acceptors (Lipinski definition) is 3. The molecule has 3 heteroatoms. The van der Waals surface area contributed by atoms with Gasteiger partial charge in [-0.05, 0) is 80.6 Å². The van der Waals surface area contributed by atoms with Crippen LogP contribution in [0, 0.1) is 11.8 Å². The first kappa shape index (κ1) is 19.4. The van der Waals surface area contributed by atoms with Gasteiger partial charge in [0.15, 0.2) is 0 Å². The SMILES string of the molecule is CCC1CCC(Oc2cccc3cc(CN4CCC(C=O)CC4)ccc23)CC1. The molecule has 4 rings (SSSR count). The van der Waals surface area contributed by atoms with Gasteiger partial charge in [-0.1, -0.05) is 37.6 Å². The summed E-state index contributed by atoms with van der Waals surface area (Å²) < 4.78 is 6.43. The molecule has 0 amide bonds. The minimum Gasteiger partial charge on any atom is -0.490 e. The molecule has 1 saturated carbocycles. The summed E-state index contributed by atoms with van der Waals surface area (Å²) in [6, 6.07) is 13.2. The fraction of sp³-hybridized carbons (Fsp3) is 0.560. The predicted octanol–water partition coefficient (Wildman–Crippen LogP) is 5.60. The normalized spacial score (nSPS) is 24.3. The van der Waals surface area contributed by atoms with E-state index in [1.807, 2.05) is 0 Å². The van der Waals surface area contributed by atoms with E-state index in [0.29, 0.717) is 6.10 Å². The van der Waals surface area contributed by atoms with Crippen molar-refractivity contribution >= 4 is 17.1 Å². The standard InChI is InChI=1S/C25H33NO2/c1-2-19-6-9-23(10-7-19)28-25-5-3-4-22-16-21(8-11-24(22)25)17-26-14-12-20(18-27)13-15-26/h3-5,8,11,16,18-20,23H,2,6-7,9-10,12-15,17H2,1H3. The van der Waals surface area contributed by atoms with Crippen LogP contribution < -0.4 is 4.74 Å². The summed E-state index contributed by atoms with van der Waals surface area (Å²) in [6.07, 6.45) is 9.76. The topological polar surface area (TPSA) is 29.5 Å². The van der Waals surface area contributed by atoms with E-state index in [2.05, 4.69) is 48.2 Å². The molecule has 2 aromatic rings. The molecule has 0 radical (unpaired) electrons. The monoisotopic (exact) mass is 379 g/mol. The molecular weight excluding hydrogens is 346 g/mol. The van der Waals surface area contributed by atoms with E-state index in [-0.39, 0.29) is 5.92 Å². The molecule has 0 atom stereocenters. The molecule has 3 nitrogen and oxygen atoms in total. The molecule has 150 valence electrons. The first-order valence-electron chi connectivity index (χ1n) is 11.1. The molecule has 0 spiro atoms. The molecule has 0 unspecified atom stereocenters. The number of benzene rings is 2. The van der Waals surface area contributed by atoms with Gasteiger partial charge in [0.25, 0.3) is 0 Å². The number of aldehydes is 1. The van der Waals surface area contributed by atoms with Crippen molar-refractivity contribution in [2.75, 3.05) is 13.1 Å². The van der Waals surface area contributed by atoms with Crippen LogP contribution >= 0.6 is 0 Å². The smallest absolute Gasteiger partial charge is 0.127 e. The average Bonchev–Trinajstić information content (AvgIpc) is 2.75. The second kappa shape index (κ2) is 9.09. The molecule has 2 aliphatic rings. The lowest BCUT2D eigenvalue weighted by Gasteiger charge is -2.30. The summed E-state index contributed by atoms with van der Waals surface area (Å²) in [5.41, 5.74) is 1.35. The molecule has 1 aliphatic heterocycles. The van der Waals surface area contributed by atoms with Crippen LogP contribution in [0.4, 0.5) is 0 Å². The number of rotatable bonds is 6. The number of hydrogen-bond donors (Lipinski definition) is 0. The lowest BCUT2D eigenvalue weighted by Crippen LogP contribution is -2.33. The highest BCUT2D eigenvalue weighted by molar-refractivity contribution is 5.88. The van der Waals surface area contributed by atoms with Crippen LogP contribution in [0.1, 0.15) is 57.4 Å². The van der Waals surface area contributed by atoms with Crippen LogP contribution in [0.5, 0.6) is 5.75 Å². The van der Waals surface area contributed by atoms with Crippen molar-refractivity contribution in [3.05, 3.63) is 42.0 Å². The maximum Gasteiger partial charge on any atom is 0.127 e. The van der Waals surface area contributed by atoms with Crippen LogP contribution in [0.25, 0.3) is 10.8 Å². The quantitative estimate of drug-likeness (QED) is 0.612. The average molecular weight is 380 g/mol. The second-order valence-corrected chi connectivity index (χ2v) is 8.73. The molecule has 0 N–H and O–H groups in total. The highest BCUT2D eigenvalue weighted by atomic mass is 16.5. The van der Waals surface area contributed by atoms with Gasteiger partial charge in [-0.15, -0.1) is 0 Å². The van der Waals surface area contributed by atoms with Crippen LogP contribution in [0.15, 0.2) is 36.4 Å². The van der Waals surface area contributed by atoms with E-state index in [1.165, 1.54) is 48.4 Å². The van der Waals surface area contributed by atoms with Gasteiger partial charge in [-0.25, -0.2) is 0 Å². The Morgan fingerprint density at radius 1 is 1.04 bits per heavy atom. The summed E-state index contributed by atoms with van der Waals surface area (Å²) in [6.45, 7) is 5.31. The zero-order valence-corrected chi connectivity index (χ0v) is 17.1. The van der Waals surface area contributed by atoms with Gasteiger partial charge in [0.2, 0.25) is 0 Å². The lowest BCUT2D eigenvalue weighted by molar-refractivity contribution is -0.112. The Kier molecular flexibility index (Phi) is 6.31. The van der Waals surface area contributed by atoms with Crippen molar-refractivity contribution in [2.45, 2.75) is 64.5 Å². The molecule has 1 heterocycles. The summed E-state index contributed by atoms with van der Waals surface area (Å²) in [5.74, 6) is 2.20. The van der Waals surface area contributed by atoms with E-state index in [1.54, 1.807) is 0 Å². The number of piperidine rings is 1. The maximum absolute atomic E-state index is 10.9. The summed E-state index contributed by atoms with van der Waals surface area (Å²) in [5, 5.41) is 2.49. The molecule has 1 aliphatic carbocycles. The number of fused-ring (bicyclic) bond motifs is 1. The van der Waals surface area contributed by atoms with Crippen molar-refractivity contribution in [1.82, 2.24) is 4.90 Å². The zero-order valence-electron chi connectivity index (χ0n) is 17.1. The Balaban J connectivity index is 1.42. The number of ether oxygens (including phenoxy) is 1. The highest BCUT2D eigenvalue weighted by Gasteiger charge is 2.22. The summed E-state index contributed by atoms with van der Waals surface area (Å²) in [4.78, 5) is 13.4. The third-order valence-electron chi connectivity index (χ3n) is 6.80. The van der Waals surface area contributed by atoms with Crippen molar-refractivity contribution in [2.24, 2.45) is 11.8 Å². The lowest BCUT2D eigenvalue weighted by atomic mass is 9.86. The van der Waals surface area contributed by atoms with Gasteiger partial charge in [0.05, 0.1) is 6.10 Å². The number of carbonyl (C=O) groups excluding carboxylic acids is 1. The molecule has 0 bridgehead atoms. The fourth-order valence-corrected chi connectivity index (χ4v) is 4.85. The molecule has 28 heavy (non-hydrogen) atoms. The van der Waals surface area contributed by atoms with E-state index in [9.17, 15) is 4.79 Å². The largest absolute Gasteiger partial charge is 0.490 e. The van der Waals surface area contributed by atoms with Crippen molar-refractivity contribution in [1.29, 1.82) is 0 Å². The van der Waals surface area contributed by atoms with Gasteiger partial charge in [0.1, 0.15) is 12.0 Å². The first-order valence-corrected chi connectivity index (χ1v) is 11.1. The van der Waals surface area contributed by atoms with Gasteiger partial charge in [-0.3, -0.25) is 4.90 Å². The highest BCUT2D eigenvalue weighted by Crippen LogP contribution is 2.33. The zero-order chi connectivity index (χ0) is 19.3. The Morgan fingerprint density at radius 3 is 2.54 bits per heavy atom. The Morgan fingerprint density at radius 2 is 1.82 bits per heavy atom. The molecule has 1 saturated heterocycles. The van der Waals surface area contributed by atoms with Gasteiger partial charge >= 0.3 is 0 Å². The van der Waals surface area contributed by atoms with E-state index in [4.69, 9.17) is 4.74 Å². The van der Waals surface area contributed by atoms with Crippen LogP contribution in [0.2, 0.25) is 0 Å². The Hall–Kier alpha value is -1.87. The minimum atomic E-state index is 0.264. The van der Waals surface area contributed by atoms with Crippen LogP contribution in [-0.2, 0) is 11.3 Å². The Labute approximate surface area is 169 Å². The van der Waals surface area contributed by atoms with Crippen LogP contribution in [0.3, 0.4) is 0 Å². The predicted molar refractivity (Wildman–Crippen MR) is 115 cm³/mol. The maximum atomic E-state index is 10.9. The van der Waals surface area contributed by atoms with Crippen molar-refractivity contribution in [3.63, 3.8) is 0 Å². The molecule has 0 aromatic heterocycles. The van der Waals surface area contributed by atoms with Crippen LogP contribution in [-0.4, -0.2) is 30.4 Å². The molecular formula is C25H33NO2. The minimum absolute atomic E-state index is 0.264.